The van der Waals surface area contributed by atoms with E-state index in [0.29, 0.717) is 55.6 Å². The molecule has 218 valence electrons. The van der Waals surface area contributed by atoms with Crippen molar-refractivity contribution in [1.82, 2.24) is 20.1 Å². The van der Waals surface area contributed by atoms with Crippen LogP contribution in [0.25, 0.3) is 6.08 Å². The zero-order valence-corrected chi connectivity index (χ0v) is 23.7. The smallest absolute Gasteiger partial charge is 0.254 e. The highest BCUT2D eigenvalue weighted by Gasteiger charge is 2.37. The number of methoxy groups -OCH3 is 2. The number of carbonyl (C=O) groups is 3. The summed E-state index contributed by atoms with van der Waals surface area (Å²) in [5.74, 6) is 0.520. The van der Waals surface area contributed by atoms with Crippen LogP contribution in [0.4, 0.5) is 0 Å². The molecule has 5 rings (SSSR count). The van der Waals surface area contributed by atoms with Gasteiger partial charge >= 0.3 is 0 Å². The highest BCUT2D eigenvalue weighted by molar-refractivity contribution is 5.97. The predicted molar refractivity (Wildman–Crippen MR) is 157 cm³/mol. The van der Waals surface area contributed by atoms with Crippen molar-refractivity contribution in [1.29, 1.82) is 0 Å². The molecule has 1 saturated heterocycles. The molecule has 3 amide bonds. The maximum Gasteiger partial charge on any atom is 0.254 e. The van der Waals surface area contributed by atoms with Gasteiger partial charge in [0.2, 0.25) is 17.7 Å². The van der Waals surface area contributed by atoms with Crippen LogP contribution in [0, 0.1) is 0 Å². The molecule has 42 heavy (non-hydrogen) atoms. The van der Waals surface area contributed by atoms with Crippen molar-refractivity contribution in [3.05, 3.63) is 89.6 Å². The number of amides is 3. The molecule has 10 nitrogen and oxygen atoms in total. The normalized spacial score (nSPS) is 19.0. The first-order valence-electron chi connectivity index (χ1n) is 13.9. The Hall–Kier alpha value is -4.86. The van der Waals surface area contributed by atoms with Crippen molar-refractivity contribution >= 4 is 23.8 Å². The van der Waals surface area contributed by atoms with Crippen molar-refractivity contribution in [3.63, 3.8) is 0 Å². The Bertz CT molecular complexity index is 1460. The number of fused-ring (bicyclic) bond motifs is 4. The monoisotopic (exact) mass is 570 g/mol. The molecule has 2 aliphatic heterocycles. The van der Waals surface area contributed by atoms with Crippen LogP contribution < -0.4 is 19.5 Å². The predicted octanol–water partition coefficient (Wildman–Crippen LogP) is 3.15. The first-order chi connectivity index (χ1) is 20.4. The molecule has 0 spiro atoms. The minimum absolute atomic E-state index is 0.143. The summed E-state index contributed by atoms with van der Waals surface area (Å²) < 4.78 is 16.8. The first-order valence-corrected chi connectivity index (χ1v) is 13.9. The SMILES string of the molecule is COc1cc(C(=O)N2CCCOc3cc(ccc3OC)[C@H]3CN(C(=O)/C=C/c4ccccc4)C[C@@H]3NC(=O)C2)ccn1. The molecule has 2 aliphatic rings. The lowest BCUT2D eigenvalue weighted by Gasteiger charge is -2.24. The second kappa shape index (κ2) is 13.2. The highest BCUT2D eigenvalue weighted by Crippen LogP contribution is 2.35. The van der Waals surface area contributed by atoms with Crippen LogP contribution in [-0.4, -0.2) is 85.6 Å². The number of nitrogens with one attached hydrogen (secondary N) is 1. The number of benzene rings is 2. The van der Waals surface area contributed by atoms with Crippen LogP contribution in [0.1, 0.15) is 33.8 Å². The molecule has 1 fully saturated rings. The Morgan fingerprint density at radius 1 is 1.02 bits per heavy atom. The van der Waals surface area contributed by atoms with Crippen molar-refractivity contribution < 1.29 is 28.6 Å². The lowest BCUT2D eigenvalue weighted by molar-refractivity contribution is -0.126. The number of nitrogens with zero attached hydrogens (tertiary/aromatic N) is 3. The van der Waals surface area contributed by atoms with E-state index in [-0.39, 0.29) is 36.2 Å². The Kier molecular flexibility index (Phi) is 9.01. The van der Waals surface area contributed by atoms with Crippen LogP contribution in [0.5, 0.6) is 17.4 Å². The summed E-state index contributed by atoms with van der Waals surface area (Å²) in [5, 5.41) is 3.11. The van der Waals surface area contributed by atoms with Gasteiger partial charge in [0, 0.05) is 49.5 Å². The summed E-state index contributed by atoms with van der Waals surface area (Å²) in [6, 6.07) is 18.1. The minimum atomic E-state index is -0.369. The average molecular weight is 571 g/mol. The summed E-state index contributed by atoms with van der Waals surface area (Å²) >= 11 is 0. The number of likely N-dealkylation sites (tertiary alicyclic amines) is 1. The molecule has 0 saturated carbocycles. The van der Waals surface area contributed by atoms with Gasteiger partial charge in [0.1, 0.15) is 0 Å². The van der Waals surface area contributed by atoms with E-state index >= 15 is 0 Å². The number of carbonyl (C=O) groups excluding carboxylic acids is 3. The van der Waals surface area contributed by atoms with Crippen LogP contribution in [0.2, 0.25) is 0 Å². The summed E-state index contributed by atoms with van der Waals surface area (Å²) in [5.41, 5.74) is 2.22. The third-order valence-corrected chi connectivity index (χ3v) is 7.45. The molecule has 2 atom stereocenters. The molecule has 1 N–H and O–H groups in total. The molecule has 3 heterocycles. The lowest BCUT2D eigenvalue weighted by atomic mass is 9.94. The van der Waals surface area contributed by atoms with Gasteiger partial charge in [-0.2, -0.15) is 0 Å². The first kappa shape index (κ1) is 28.7. The zero-order valence-electron chi connectivity index (χ0n) is 23.7. The zero-order chi connectivity index (χ0) is 29.5. The topological polar surface area (TPSA) is 110 Å². The van der Waals surface area contributed by atoms with Crippen LogP contribution in [0.3, 0.4) is 0 Å². The van der Waals surface area contributed by atoms with Gasteiger partial charge in [-0.25, -0.2) is 4.98 Å². The van der Waals surface area contributed by atoms with Gasteiger partial charge in [-0.05, 0) is 41.8 Å². The van der Waals surface area contributed by atoms with Crippen molar-refractivity contribution in [2.75, 3.05) is 47.0 Å². The van der Waals surface area contributed by atoms with Crippen LogP contribution in [0.15, 0.2) is 72.9 Å². The Labute approximate surface area is 244 Å². The van der Waals surface area contributed by atoms with E-state index in [1.54, 1.807) is 36.3 Å². The largest absolute Gasteiger partial charge is 0.493 e. The maximum atomic E-state index is 13.4. The Morgan fingerprint density at radius 3 is 2.64 bits per heavy atom. The van der Waals surface area contributed by atoms with Gasteiger partial charge in [0.25, 0.3) is 5.91 Å². The Balaban J connectivity index is 1.40. The van der Waals surface area contributed by atoms with Crippen molar-refractivity contribution in [2.24, 2.45) is 0 Å². The van der Waals surface area contributed by atoms with E-state index < -0.39 is 0 Å². The number of aromatic nitrogens is 1. The van der Waals surface area contributed by atoms with Gasteiger partial charge < -0.3 is 29.3 Å². The third-order valence-electron chi connectivity index (χ3n) is 7.45. The molecule has 10 heteroatoms. The van der Waals surface area contributed by atoms with E-state index in [1.165, 1.54) is 18.2 Å². The van der Waals surface area contributed by atoms with E-state index in [1.807, 2.05) is 48.5 Å². The molecule has 1 aromatic heterocycles. The van der Waals surface area contributed by atoms with Crippen LogP contribution >= 0.6 is 0 Å². The molecule has 2 aromatic carbocycles. The summed E-state index contributed by atoms with van der Waals surface area (Å²) in [7, 11) is 3.06. The lowest BCUT2D eigenvalue weighted by Crippen LogP contribution is -2.47. The summed E-state index contributed by atoms with van der Waals surface area (Å²) in [6.45, 7) is 1.20. The fraction of sp³-hybridized carbons (Fsp3) is 0.312. The fourth-order valence-corrected chi connectivity index (χ4v) is 5.29. The minimum Gasteiger partial charge on any atom is -0.493 e. The van der Waals surface area contributed by atoms with Crippen LogP contribution in [-0.2, 0) is 9.59 Å². The standard InChI is InChI=1S/C32H34N4O6/c1-40-27-11-10-23-17-28(27)42-16-6-15-35(32(39)24-13-14-33-30(18-24)41-2)21-29(37)34-26-20-36(19-25(23)26)31(38)12-9-22-7-4-3-5-8-22/h3-5,7-14,17-18,25-26H,6,15-16,19-21H2,1-2H3,(H,34,37)/b12-9+/t25-,26+/m1/s1. The van der Waals surface area contributed by atoms with E-state index in [9.17, 15) is 14.4 Å². The van der Waals surface area contributed by atoms with Crippen molar-refractivity contribution in [2.45, 2.75) is 18.4 Å². The Morgan fingerprint density at radius 2 is 1.86 bits per heavy atom. The molecule has 3 aromatic rings. The number of pyridine rings is 1. The molecule has 0 aliphatic carbocycles. The number of hydrogen-bond acceptors (Lipinski definition) is 7. The van der Waals surface area contributed by atoms with E-state index in [0.717, 1.165) is 11.1 Å². The van der Waals surface area contributed by atoms with Gasteiger partial charge in [-0.1, -0.05) is 36.4 Å². The second-order valence-electron chi connectivity index (χ2n) is 10.2. The number of rotatable bonds is 5. The average Bonchev–Trinajstić information content (AvgIpc) is 3.44. The van der Waals surface area contributed by atoms with Gasteiger partial charge in [-0.15, -0.1) is 0 Å². The van der Waals surface area contributed by atoms with Gasteiger partial charge in [0.15, 0.2) is 11.5 Å². The quantitative estimate of drug-likeness (QED) is 0.470. The molecule has 0 unspecified atom stereocenters. The second-order valence-corrected chi connectivity index (χ2v) is 10.2. The van der Waals surface area contributed by atoms with E-state index in [2.05, 4.69) is 10.3 Å². The highest BCUT2D eigenvalue weighted by atomic mass is 16.5. The number of hydrogen-bond donors (Lipinski definition) is 1. The van der Waals surface area contributed by atoms with Gasteiger partial charge in [-0.3, -0.25) is 14.4 Å². The third kappa shape index (κ3) is 6.71. The fourth-order valence-electron chi connectivity index (χ4n) is 5.29. The molecule has 2 bridgehead atoms. The van der Waals surface area contributed by atoms with E-state index in [4.69, 9.17) is 14.2 Å². The number of ether oxygens (including phenoxy) is 3. The summed E-state index contributed by atoms with van der Waals surface area (Å²) in [4.78, 5) is 47.3. The van der Waals surface area contributed by atoms with Crippen molar-refractivity contribution in [3.8, 4) is 17.4 Å². The maximum absolute atomic E-state index is 13.4. The summed E-state index contributed by atoms with van der Waals surface area (Å²) in [6.07, 6.45) is 5.33. The molecular formula is C32H34N4O6. The molecular weight excluding hydrogens is 536 g/mol. The van der Waals surface area contributed by atoms with Gasteiger partial charge in [0.05, 0.1) is 33.4 Å². The molecule has 0 radical (unpaired) electrons.